The maximum Gasteiger partial charge on any atom is 0.211 e. The van der Waals surface area contributed by atoms with Crippen molar-refractivity contribution < 1.29 is 13.2 Å². The molecule has 1 atom stereocenters. The molecule has 0 N–H and O–H groups in total. The van der Waals surface area contributed by atoms with Crippen LogP contribution in [0.1, 0.15) is 19.8 Å². The Morgan fingerprint density at radius 3 is 2.41 bits per heavy atom. The molecule has 0 saturated carbocycles. The summed E-state index contributed by atoms with van der Waals surface area (Å²) in [6.07, 6.45) is 2.99. The van der Waals surface area contributed by atoms with Crippen LogP contribution in [-0.2, 0) is 14.8 Å². The Kier molecular flexibility index (Phi) is 3.08. The third-order valence-electron chi connectivity index (χ3n) is 4.24. The van der Waals surface area contributed by atoms with Crippen LogP contribution in [-0.4, -0.2) is 62.4 Å². The van der Waals surface area contributed by atoms with Crippen LogP contribution in [0.5, 0.6) is 0 Å². The van der Waals surface area contributed by atoms with Crippen molar-refractivity contribution in [3.05, 3.63) is 0 Å². The molecule has 0 aromatic carbocycles. The van der Waals surface area contributed by atoms with E-state index in [1.54, 1.807) is 0 Å². The lowest BCUT2D eigenvalue weighted by Crippen LogP contribution is -2.63. The first-order valence-electron chi connectivity index (χ1n) is 5.94. The predicted molar refractivity (Wildman–Crippen MR) is 65.2 cm³/mol. The molecular weight excluding hydrogens is 240 g/mol. The summed E-state index contributed by atoms with van der Waals surface area (Å²) in [6.45, 7) is 4.11. The second-order valence-electron chi connectivity index (χ2n) is 5.52. The van der Waals surface area contributed by atoms with Crippen LogP contribution < -0.4 is 0 Å². The minimum Gasteiger partial charge on any atom is -0.297 e. The maximum absolute atomic E-state index is 12.3. The number of carbonyl (C=O) groups is 1. The lowest BCUT2D eigenvalue weighted by Gasteiger charge is -2.50. The number of carbonyl (C=O) groups excluding carboxylic acids is 1. The maximum atomic E-state index is 12.3. The standard InChI is InChI=1S/C11H20N2O3S/c1-11-4-6-13(7-5-11)9(10(11)14)8-12(2)17(3,15)16/h9H,4-8H2,1-3H3. The fourth-order valence-electron chi connectivity index (χ4n) is 2.72. The van der Waals surface area contributed by atoms with Crippen LogP contribution in [0.2, 0.25) is 0 Å². The van der Waals surface area contributed by atoms with Crippen LogP contribution in [0.15, 0.2) is 0 Å². The van der Waals surface area contributed by atoms with E-state index < -0.39 is 10.0 Å². The van der Waals surface area contributed by atoms with Crippen LogP contribution in [0, 0.1) is 5.41 Å². The van der Waals surface area contributed by atoms with Gasteiger partial charge < -0.3 is 0 Å². The highest BCUT2D eigenvalue weighted by atomic mass is 32.2. The normalized spacial score (nSPS) is 37.8. The van der Waals surface area contributed by atoms with Gasteiger partial charge in [-0.25, -0.2) is 12.7 Å². The highest BCUT2D eigenvalue weighted by Crippen LogP contribution is 2.40. The zero-order chi connectivity index (χ0) is 12.8. The first kappa shape index (κ1) is 13.0. The summed E-state index contributed by atoms with van der Waals surface area (Å²) >= 11 is 0. The molecule has 0 aliphatic carbocycles. The van der Waals surface area contributed by atoms with Gasteiger partial charge in [-0.05, 0) is 25.9 Å². The zero-order valence-electron chi connectivity index (χ0n) is 10.6. The third kappa shape index (κ3) is 2.26. The average molecular weight is 260 g/mol. The Labute approximate surface area is 103 Å². The van der Waals surface area contributed by atoms with Crippen molar-refractivity contribution >= 4 is 15.8 Å². The van der Waals surface area contributed by atoms with E-state index >= 15 is 0 Å². The number of nitrogens with zero attached hydrogens (tertiary/aromatic N) is 2. The number of hydrogen-bond acceptors (Lipinski definition) is 4. The van der Waals surface area contributed by atoms with Crippen molar-refractivity contribution in [2.24, 2.45) is 5.41 Å². The SMILES string of the molecule is CN(CC1C(=O)C2(C)CCN1CC2)S(C)(=O)=O. The number of hydrogen-bond donors (Lipinski definition) is 0. The molecule has 1 unspecified atom stereocenters. The Balaban J connectivity index is 2.15. The van der Waals surface area contributed by atoms with E-state index in [4.69, 9.17) is 0 Å². The second kappa shape index (κ2) is 4.03. The van der Waals surface area contributed by atoms with Crippen LogP contribution in [0.4, 0.5) is 0 Å². The molecule has 0 amide bonds. The van der Waals surface area contributed by atoms with E-state index in [2.05, 4.69) is 4.90 Å². The molecule has 3 aliphatic rings. The van der Waals surface area contributed by atoms with Gasteiger partial charge in [0.25, 0.3) is 0 Å². The molecule has 0 radical (unpaired) electrons. The fourth-order valence-corrected chi connectivity index (χ4v) is 3.13. The number of rotatable bonds is 3. The van der Waals surface area contributed by atoms with Crippen molar-refractivity contribution in [1.29, 1.82) is 0 Å². The summed E-state index contributed by atoms with van der Waals surface area (Å²) in [7, 11) is -1.67. The van der Waals surface area contributed by atoms with Gasteiger partial charge in [-0.2, -0.15) is 0 Å². The molecule has 3 heterocycles. The molecule has 0 spiro atoms. The first-order chi connectivity index (χ1) is 7.74. The summed E-state index contributed by atoms with van der Waals surface area (Å²) in [6, 6.07) is -0.248. The van der Waals surface area contributed by atoms with Gasteiger partial charge in [0.15, 0.2) is 5.78 Å². The lowest BCUT2D eigenvalue weighted by molar-refractivity contribution is -0.146. The van der Waals surface area contributed by atoms with Gasteiger partial charge in [-0.15, -0.1) is 0 Å². The van der Waals surface area contributed by atoms with Crippen LogP contribution >= 0.6 is 0 Å². The van der Waals surface area contributed by atoms with Gasteiger partial charge in [0, 0.05) is 19.0 Å². The Morgan fingerprint density at radius 2 is 1.94 bits per heavy atom. The van der Waals surface area contributed by atoms with Gasteiger partial charge >= 0.3 is 0 Å². The van der Waals surface area contributed by atoms with E-state index in [1.807, 2.05) is 6.92 Å². The largest absolute Gasteiger partial charge is 0.297 e. The van der Waals surface area contributed by atoms with E-state index in [0.29, 0.717) is 0 Å². The van der Waals surface area contributed by atoms with Crippen molar-refractivity contribution in [1.82, 2.24) is 9.21 Å². The van der Waals surface area contributed by atoms with Gasteiger partial charge in [-0.1, -0.05) is 6.92 Å². The summed E-state index contributed by atoms with van der Waals surface area (Å²) in [5, 5.41) is 0. The average Bonchev–Trinajstić information content (AvgIpc) is 2.23. The molecular formula is C11H20N2O3S. The third-order valence-corrected chi connectivity index (χ3v) is 5.52. The number of likely N-dealkylation sites (N-methyl/N-ethyl adjacent to an activating group) is 1. The fraction of sp³-hybridized carbons (Fsp3) is 0.909. The molecule has 3 fully saturated rings. The highest BCUT2D eigenvalue weighted by molar-refractivity contribution is 7.88. The van der Waals surface area contributed by atoms with Crippen LogP contribution in [0.25, 0.3) is 0 Å². The number of Topliss-reactive ketones (excluding diaryl/α,β-unsaturated/α-hetero) is 1. The number of fused-ring (bicyclic) bond motifs is 3. The molecule has 17 heavy (non-hydrogen) atoms. The van der Waals surface area contributed by atoms with Crippen molar-refractivity contribution in [3.63, 3.8) is 0 Å². The minimum atomic E-state index is -3.21. The molecule has 3 saturated heterocycles. The predicted octanol–water partition coefficient (Wildman–Crippen LogP) is -0.0688. The molecule has 0 aromatic heterocycles. The van der Waals surface area contributed by atoms with Crippen molar-refractivity contribution in [3.8, 4) is 0 Å². The number of sulfonamides is 1. The van der Waals surface area contributed by atoms with Gasteiger partial charge in [-0.3, -0.25) is 9.69 Å². The first-order valence-corrected chi connectivity index (χ1v) is 7.78. The summed E-state index contributed by atoms with van der Waals surface area (Å²) < 4.78 is 24.1. The monoisotopic (exact) mass is 260 g/mol. The topological polar surface area (TPSA) is 57.7 Å². The Hall–Kier alpha value is -0.460. The smallest absolute Gasteiger partial charge is 0.211 e. The molecule has 3 aliphatic heterocycles. The zero-order valence-corrected chi connectivity index (χ0v) is 11.5. The second-order valence-corrected chi connectivity index (χ2v) is 7.61. The molecule has 5 nitrogen and oxygen atoms in total. The molecule has 2 bridgehead atoms. The minimum absolute atomic E-state index is 0.213. The molecule has 0 aromatic rings. The van der Waals surface area contributed by atoms with E-state index in [9.17, 15) is 13.2 Å². The van der Waals surface area contributed by atoms with E-state index in [1.165, 1.54) is 17.6 Å². The quantitative estimate of drug-likeness (QED) is 0.713. The van der Waals surface area contributed by atoms with Crippen LogP contribution in [0.3, 0.4) is 0 Å². The summed E-state index contributed by atoms with van der Waals surface area (Å²) in [5.74, 6) is 0.213. The summed E-state index contributed by atoms with van der Waals surface area (Å²) in [5.41, 5.74) is -0.224. The number of piperidine rings is 3. The summed E-state index contributed by atoms with van der Waals surface area (Å²) in [4.78, 5) is 14.4. The van der Waals surface area contributed by atoms with Gasteiger partial charge in [0.05, 0.1) is 12.3 Å². The van der Waals surface area contributed by atoms with E-state index in [-0.39, 0.29) is 23.8 Å². The van der Waals surface area contributed by atoms with Crippen molar-refractivity contribution in [2.75, 3.05) is 32.9 Å². The van der Waals surface area contributed by atoms with Crippen molar-refractivity contribution in [2.45, 2.75) is 25.8 Å². The van der Waals surface area contributed by atoms with E-state index in [0.717, 1.165) is 25.9 Å². The molecule has 98 valence electrons. The lowest BCUT2D eigenvalue weighted by atomic mass is 9.69. The molecule has 6 heteroatoms. The van der Waals surface area contributed by atoms with Gasteiger partial charge in [0.1, 0.15) is 0 Å². The highest BCUT2D eigenvalue weighted by Gasteiger charge is 2.49. The Morgan fingerprint density at radius 1 is 1.41 bits per heavy atom. The number of ketones is 1. The van der Waals surface area contributed by atoms with Gasteiger partial charge in [0.2, 0.25) is 10.0 Å². The Bertz CT molecular complexity index is 424. The molecule has 3 rings (SSSR count).